The third-order valence-electron chi connectivity index (χ3n) is 6.38. The Kier molecular flexibility index (Phi) is 11.1. The molecule has 0 radical (unpaired) electrons. The Morgan fingerprint density at radius 3 is 1.00 bits per heavy atom. The lowest BCUT2D eigenvalue weighted by Gasteiger charge is -2.34. The van der Waals surface area contributed by atoms with Gasteiger partial charge in [-0.05, 0) is 50.9 Å². The average Bonchev–Trinajstić information content (AvgIpc) is 2.89. The number of hydrogen-bond donors (Lipinski definition) is 2. The molecule has 0 aliphatic carbocycles. The van der Waals surface area contributed by atoms with Crippen LogP contribution in [0.1, 0.15) is 27.7 Å². The van der Waals surface area contributed by atoms with Crippen LogP contribution < -0.4 is 31.4 Å². The minimum atomic E-state index is -0.231. The monoisotopic (exact) mass is 639 g/mol. The summed E-state index contributed by atoms with van der Waals surface area (Å²) in [6, 6.07) is 7.02. The van der Waals surface area contributed by atoms with Crippen LogP contribution in [-0.4, -0.2) is 70.8 Å². The van der Waals surface area contributed by atoms with Gasteiger partial charge in [-0.1, -0.05) is 0 Å². The summed E-state index contributed by atoms with van der Waals surface area (Å²) in [5.41, 5.74) is 0. The molecule has 2 aromatic heterocycles. The maximum Gasteiger partial charge on any atom is 0.329 e. The third-order valence-corrected chi connectivity index (χ3v) is 6.72. The van der Waals surface area contributed by atoms with Gasteiger partial charge in [-0.15, -0.1) is 9.97 Å². The van der Waals surface area contributed by atoms with E-state index >= 15 is 0 Å². The number of halogens is 3. The highest BCUT2D eigenvalue weighted by molar-refractivity contribution is 6.28. The smallest absolute Gasteiger partial charge is 0.329 e. The third kappa shape index (κ3) is 8.55. The predicted octanol–water partition coefficient (Wildman–Crippen LogP) is 3.14. The molecule has 5 rings (SSSR count). The largest absolute Gasteiger partial charge is 1.00 e. The molecular formula is C26H28Cl3N7O6. The molecule has 42 heavy (non-hydrogen) atoms. The van der Waals surface area contributed by atoms with E-state index in [0.717, 1.165) is 0 Å². The second kappa shape index (κ2) is 14.3. The van der Waals surface area contributed by atoms with Crippen molar-refractivity contribution in [2.24, 2.45) is 0 Å². The number of quaternary nitrogens is 1. The number of aromatic hydroxyl groups is 2. The van der Waals surface area contributed by atoms with E-state index in [1.54, 1.807) is 0 Å². The average molecular weight is 641 g/mol. The van der Waals surface area contributed by atoms with Crippen LogP contribution in [-0.2, 0) is 0 Å². The van der Waals surface area contributed by atoms with Crippen LogP contribution in [0.25, 0.3) is 0 Å². The summed E-state index contributed by atoms with van der Waals surface area (Å²) in [7, 11) is 0. The fourth-order valence-electron chi connectivity index (χ4n) is 3.92. The van der Waals surface area contributed by atoms with Crippen molar-refractivity contribution in [3.8, 4) is 58.5 Å². The van der Waals surface area contributed by atoms with Crippen molar-refractivity contribution in [2.75, 3.05) is 26.2 Å². The number of phenols is 2. The van der Waals surface area contributed by atoms with E-state index < -0.39 is 0 Å². The molecule has 0 unspecified atom stereocenters. The highest BCUT2D eigenvalue weighted by atomic mass is 35.5. The van der Waals surface area contributed by atoms with E-state index in [1.807, 2.05) is 0 Å². The Labute approximate surface area is 258 Å². The number of nitrogens with zero attached hydrogens (tertiary/aromatic N) is 7. The van der Waals surface area contributed by atoms with Crippen LogP contribution in [0, 0.1) is 0 Å². The normalized spacial score (nSPS) is 11.8. The first-order valence-corrected chi connectivity index (χ1v) is 13.5. The Morgan fingerprint density at radius 2 is 0.786 bits per heavy atom. The number of benzene rings is 2. The van der Waals surface area contributed by atoms with Gasteiger partial charge >= 0.3 is 24.0 Å². The Morgan fingerprint density at radius 1 is 0.524 bits per heavy atom. The first-order valence-electron chi connectivity index (χ1n) is 12.7. The lowest BCUT2D eigenvalue weighted by Crippen LogP contribution is -3.00. The number of rotatable bonds is 4. The fraction of sp³-hybridized carbons (Fsp3) is 0.308. The van der Waals surface area contributed by atoms with Gasteiger partial charge in [0, 0.05) is 36.4 Å². The summed E-state index contributed by atoms with van der Waals surface area (Å²) in [6.45, 7) is 14.2. The molecule has 8 bridgehead atoms. The zero-order chi connectivity index (χ0) is 29.6. The number of phenolic OH excluding ortho intramolecular Hbond substituents is 2. The van der Waals surface area contributed by atoms with E-state index in [-0.39, 0.29) is 81.5 Å². The Bertz CT molecular complexity index is 1220. The predicted molar refractivity (Wildman–Crippen MR) is 149 cm³/mol. The fourth-order valence-corrected chi connectivity index (χ4v) is 4.21. The lowest BCUT2D eigenvalue weighted by atomic mass is 10.3. The van der Waals surface area contributed by atoms with Crippen LogP contribution in [0.3, 0.4) is 0 Å². The minimum absolute atomic E-state index is 0. The van der Waals surface area contributed by atoms with Crippen LogP contribution in [0.5, 0.6) is 58.5 Å². The first-order chi connectivity index (χ1) is 19.6. The quantitative estimate of drug-likeness (QED) is 0.277. The molecule has 0 saturated heterocycles. The van der Waals surface area contributed by atoms with E-state index in [0.29, 0.717) is 0 Å². The second-order valence-electron chi connectivity index (χ2n) is 8.68. The van der Waals surface area contributed by atoms with E-state index in [2.05, 4.69) is 57.6 Å². The highest BCUT2D eigenvalue weighted by Crippen LogP contribution is 2.35. The number of aromatic nitrogens is 6. The second-order valence-corrected chi connectivity index (χ2v) is 9.36. The number of ether oxygens (including phenoxy) is 4. The Balaban J connectivity index is 0.000000423. The van der Waals surface area contributed by atoms with E-state index in [9.17, 15) is 10.2 Å². The van der Waals surface area contributed by atoms with Gasteiger partial charge in [0.2, 0.25) is 10.6 Å². The van der Waals surface area contributed by atoms with Crippen LogP contribution in [0.15, 0.2) is 36.4 Å². The maximum absolute atomic E-state index is 10.0. The van der Waals surface area contributed by atoms with Crippen LogP contribution >= 0.6 is 23.2 Å². The zero-order valence-corrected chi connectivity index (χ0v) is 25.4. The summed E-state index contributed by atoms with van der Waals surface area (Å²) < 4.78 is 23.5. The van der Waals surface area contributed by atoms with Crippen LogP contribution in [0.2, 0.25) is 10.6 Å². The van der Waals surface area contributed by atoms with Gasteiger partial charge in [-0.3, -0.25) is 0 Å². The molecule has 0 amide bonds. The van der Waals surface area contributed by atoms with Gasteiger partial charge < -0.3 is 46.1 Å². The van der Waals surface area contributed by atoms with Crippen molar-refractivity contribution >= 4 is 23.2 Å². The first kappa shape index (κ1) is 32.6. The molecule has 16 heteroatoms. The maximum atomic E-state index is 10.0. The van der Waals surface area contributed by atoms with Crippen molar-refractivity contribution in [1.29, 1.82) is 0 Å². The van der Waals surface area contributed by atoms with Crippen molar-refractivity contribution in [1.82, 2.24) is 29.9 Å². The van der Waals surface area contributed by atoms with Crippen molar-refractivity contribution in [2.45, 2.75) is 27.7 Å². The SMILES string of the molecule is CC[N+](CC)(CC)CC.Oc1cc2cc(c1)Oc1nc(Cl)nc(n1)Oc1cc(O)cc(c1)Oc1nc(Cl)nc(n1)O2.[Cl-]. The Hall–Kier alpha value is -3.91. The molecular weight excluding hydrogens is 613 g/mol. The standard InChI is InChI=1S/C18H8Cl2N6O6.C8H20N.ClH/c19-13-21-15-25-16(22-13)31-11-3-8(28)4-12(6-11)32-18-24-14(20)23-17(26-18)30-10-2-7(27)1-9(5-10)29-15;1-5-9(6-2,7-3)8-4;/h1-6,27-28H;5-8H2,1-4H3;1H/q;+1;/p-1. The molecule has 13 nitrogen and oxygen atoms in total. The molecule has 1 aliphatic rings. The van der Waals surface area contributed by atoms with Gasteiger partial charge in [-0.2, -0.15) is 19.9 Å². The summed E-state index contributed by atoms with van der Waals surface area (Å²) in [5.74, 6) is -0.0176. The van der Waals surface area contributed by atoms with E-state index in [1.165, 1.54) is 67.1 Å². The molecule has 0 saturated carbocycles. The summed E-state index contributed by atoms with van der Waals surface area (Å²) in [4.78, 5) is 23.5. The molecule has 0 fully saturated rings. The molecule has 3 heterocycles. The van der Waals surface area contributed by atoms with E-state index in [4.69, 9.17) is 42.1 Å². The minimum Gasteiger partial charge on any atom is -1.00 e. The van der Waals surface area contributed by atoms with Crippen molar-refractivity contribution < 1.29 is 46.1 Å². The summed E-state index contributed by atoms with van der Waals surface area (Å²) in [6.07, 6.45) is 0. The molecule has 0 atom stereocenters. The molecule has 224 valence electrons. The topological polar surface area (TPSA) is 155 Å². The van der Waals surface area contributed by atoms with Gasteiger partial charge in [0.05, 0.1) is 26.2 Å². The molecule has 1 aliphatic heterocycles. The van der Waals surface area contributed by atoms with Gasteiger partial charge in [0.25, 0.3) is 0 Å². The summed E-state index contributed by atoms with van der Waals surface area (Å²) >= 11 is 11.9. The van der Waals surface area contributed by atoms with Gasteiger partial charge in [-0.25, -0.2) is 0 Å². The zero-order valence-electron chi connectivity index (χ0n) is 23.1. The van der Waals surface area contributed by atoms with Crippen LogP contribution in [0.4, 0.5) is 0 Å². The molecule has 2 aromatic carbocycles. The van der Waals surface area contributed by atoms with Gasteiger partial charge in [0.15, 0.2) is 0 Å². The van der Waals surface area contributed by atoms with Crippen molar-refractivity contribution in [3.63, 3.8) is 0 Å². The van der Waals surface area contributed by atoms with Gasteiger partial charge in [0.1, 0.15) is 34.5 Å². The number of fused-ring (bicyclic) bond motifs is 8. The lowest BCUT2D eigenvalue weighted by molar-refractivity contribution is -0.921. The van der Waals surface area contributed by atoms with Crippen molar-refractivity contribution in [3.05, 3.63) is 47.0 Å². The molecule has 4 aromatic rings. The highest BCUT2D eigenvalue weighted by Gasteiger charge is 2.17. The molecule has 2 N–H and O–H groups in total. The molecule has 0 spiro atoms. The summed E-state index contributed by atoms with van der Waals surface area (Å²) in [5, 5.41) is 19.6. The number of hydrogen-bond acceptors (Lipinski definition) is 12.